The molecular formula is C15H17NO4S. The summed E-state index contributed by atoms with van der Waals surface area (Å²) in [6.45, 7) is 0. The van der Waals surface area contributed by atoms with Crippen LogP contribution >= 0.6 is 0 Å². The number of benzene rings is 2. The number of hydrogen-bond donors (Lipinski definition) is 0. The van der Waals surface area contributed by atoms with Gasteiger partial charge in [0.2, 0.25) is 10.0 Å². The van der Waals surface area contributed by atoms with Gasteiger partial charge in [0.25, 0.3) is 0 Å². The van der Waals surface area contributed by atoms with Gasteiger partial charge in [0, 0.05) is 12.1 Å². The minimum absolute atomic E-state index is 0.505. The molecule has 2 aromatic carbocycles. The van der Waals surface area contributed by atoms with Crippen LogP contribution < -0.4 is 13.8 Å². The summed E-state index contributed by atoms with van der Waals surface area (Å²) < 4.78 is 35.9. The molecule has 0 spiro atoms. The summed E-state index contributed by atoms with van der Waals surface area (Å²) in [6.07, 6.45) is 1.16. The molecule has 2 aromatic rings. The fraction of sp³-hybridized carbons (Fsp3) is 0.200. The van der Waals surface area contributed by atoms with Crippen LogP contribution in [0.25, 0.3) is 0 Å². The molecular weight excluding hydrogens is 290 g/mol. The molecule has 6 heteroatoms. The van der Waals surface area contributed by atoms with Gasteiger partial charge in [-0.3, -0.25) is 0 Å². The van der Waals surface area contributed by atoms with Gasteiger partial charge in [-0.15, -0.1) is 0 Å². The van der Waals surface area contributed by atoms with Gasteiger partial charge >= 0.3 is 0 Å². The molecule has 0 N–H and O–H groups in total. The van der Waals surface area contributed by atoms with Gasteiger partial charge in [0.15, 0.2) is 0 Å². The Morgan fingerprint density at radius 3 is 1.62 bits per heavy atom. The third-order valence-electron chi connectivity index (χ3n) is 2.91. The lowest BCUT2D eigenvalue weighted by Gasteiger charge is -2.23. The van der Waals surface area contributed by atoms with E-state index in [9.17, 15) is 8.42 Å². The second-order valence-corrected chi connectivity index (χ2v) is 6.26. The van der Waals surface area contributed by atoms with E-state index in [2.05, 4.69) is 0 Å². The van der Waals surface area contributed by atoms with Crippen LogP contribution in [-0.4, -0.2) is 28.9 Å². The summed E-state index contributed by atoms with van der Waals surface area (Å²) in [5.74, 6) is 1.17. The Balaban J connectivity index is 2.58. The Bertz CT molecular complexity index is 680. The lowest BCUT2D eigenvalue weighted by atomic mass is 10.2. The zero-order valence-electron chi connectivity index (χ0n) is 12.1. The Labute approximate surface area is 124 Å². The van der Waals surface area contributed by atoms with Gasteiger partial charge in [0.1, 0.15) is 11.5 Å². The molecule has 5 nitrogen and oxygen atoms in total. The lowest BCUT2D eigenvalue weighted by molar-refractivity contribution is 0.415. The number of rotatable bonds is 5. The van der Waals surface area contributed by atoms with Crippen LogP contribution in [0.3, 0.4) is 0 Å². The predicted molar refractivity (Wildman–Crippen MR) is 83.0 cm³/mol. The van der Waals surface area contributed by atoms with Crippen molar-refractivity contribution < 1.29 is 17.9 Å². The van der Waals surface area contributed by atoms with Crippen molar-refractivity contribution in [3.63, 3.8) is 0 Å². The minimum Gasteiger partial charge on any atom is -0.497 e. The van der Waals surface area contributed by atoms with Crippen molar-refractivity contribution in [3.05, 3.63) is 48.5 Å². The highest BCUT2D eigenvalue weighted by atomic mass is 32.2. The summed E-state index contributed by atoms with van der Waals surface area (Å²) in [5, 5.41) is 0. The first-order valence-corrected chi connectivity index (χ1v) is 8.09. The average Bonchev–Trinajstić information content (AvgIpc) is 2.46. The van der Waals surface area contributed by atoms with E-state index in [4.69, 9.17) is 9.47 Å². The topological polar surface area (TPSA) is 55.8 Å². The first-order chi connectivity index (χ1) is 9.95. The zero-order valence-corrected chi connectivity index (χ0v) is 12.9. The molecule has 0 amide bonds. The monoisotopic (exact) mass is 307 g/mol. The second kappa shape index (κ2) is 6.05. The molecule has 0 saturated carbocycles. The molecule has 0 atom stereocenters. The van der Waals surface area contributed by atoms with Gasteiger partial charge < -0.3 is 9.47 Å². The summed E-state index contributed by atoms with van der Waals surface area (Å²) >= 11 is 0. The van der Waals surface area contributed by atoms with E-state index in [0.717, 1.165) is 6.26 Å². The van der Waals surface area contributed by atoms with Gasteiger partial charge in [-0.2, -0.15) is 0 Å². The number of ether oxygens (including phenoxy) is 2. The number of hydrogen-bond acceptors (Lipinski definition) is 4. The molecule has 0 heterocycles. The maximum atomic E-state index is 12.2. The van der Waals surface area contributed by atoms with Gasteiger partial charge in [-0.1, -0.05) is 12.1 Å². The highest BCUT2D eigenvalue weighted by molar-refractivity contribution is 7.92. The third kappa shape index (κ3) is 3.46. The van der Waals surface area contributed by atoms with Crippen LogP contribution in [0.2, 0.25) is 0 Å². The van der Waals surface area contributed by atoms with Crippen molar-refractivity contribution in [3.8, 4) is 11.5 Å². The van der Waals surface area contributed by atoms with Crippen LogP contribution in [0, 0.1) is 0 Å². The van der Waals surface area contributed by atoms with E-state index >= 15 is 0 Å². The quantitative estimate of drug-likeness (QED) is 0.852. The van der Waals surface area contributed by atoms with Gasteiger partial charge in [-0.25, -0.2) is 12.7 Å². The third-order valence-corrected chi connectivity index (χ3v) is 3.99. The number of methoxy groups -OCH3 is 2. The van der Waals surface area contributed by atoms with Crippen LogP contribution in [0.15, 0.2) is 48.5 Å². The van der Waals surface area contributed by atoms with Crippen molar-refractivity contribution in [2.75, 3.05) is 24.8 Å². The van der Waals surface area contributed by atoms with Crippen LogP contribution in [0.5, 0.6) is 11.5 Å². The SMILES string of the molecule is COc1cccc(N(c2cccc(OC)c2)S(C)(=O)=O)c1. The van der Waals surface area contributed by atoms with Crippen molar-refractivity contribution >= 4 is 21.4 Å². The van der Waals surface area contributed by atoms with Crippen molar-refractivity contribution in [1.82, 2.24) is 0 Å². The molecule has 0 unspecified atom stereocenters. The zero-order chi connectivity index (χ0) is 15.5. The second-order valence-electron chi connectivity index (χ2n) is 4.43. The van der Waals surface area contributed by atoms with E-state index in [1.54, 1.807) is 48.5 Å². The van der Waals surface area contributed by atoms with Crippen LogP contribution in [-0.2, 0) is 10.0 Å². The van der Waals surface area contributed by atoms with Crippen molar-refractivity contribution in [2.24, 2.45) is 0 Å². The highest BCUT2D eigenvalue weighted by Crippen LogP contribution is 2.32. The molecule has 0 fully saturated rings. The van der Waals surface area contributed by atoms with Crippen LogP contribution in [0.4, 0.5) is 11.4 Å². The maximum Gasteiger partial charge on any atom is 0.236 e. The first-order valence-electron chi connectivity index (χ1n) is 6.24. The summed E-state index contributed by atoms with van der Waals surface area (Å²) in [4.78, 5) is 0. The smallest absolute Gasteiger partial charge is 0.236 e. The maximum absolute atomic E-state index is 12.2. The number of sulfonamides is 1. The molecule has 0 saturated heterocycles. The fourth-order valence-corrected chi connectivity index (χ4v) is 3.00. The molecule has 0 radical (unpaired) electrons. The van der Waals surface area contributed by atoms with Crippen molar-refractivity contribution in [1.29, 1.82) is 0 Å². The Morgan fingerprint density at radius 1 is 0.857 bits per heavy atom. The first kappa shape index (κ1) is 15.2. The fourth-order valence-electron chi connectivity index (χ4n) is 2.01. The van der Waals surface area contributed by atoms with E-state index in [1.165, 1.54) is 18.5 Å². The molecule has 0 bridgehead atoms. The van der Waals surface area contributed by atoms with Crippen molar-refractivity contribution in [2.45, 2.75) is 0 Å². The Morgan fingerprint density at radius 2 is 1.29 bits per heavy atom. The van der Waals surface area contributed by atoms with Crippen LogP contribution in [0.1, 0.15) is 0 Å². The highest BCUT2D eigenvalue weighted by Gasteiger charge is 2.20. The van der Waals surface area contributed by atoms with Gasteiger partial charge in [-0.05, 0) is 24.3 Å². The Kier molecular flexibility index (Phi) is 4.37. The molecule has 112 valence electrons. The van der Waals surface area contributed by atoms with E-state index in [1.807, 2.05) is 0 Å². The summed E-state index contributed by atoms with van der Waals surface area (Å²) in [5.41, 5.74) is 1.01. The van der Waals surface area contributed by atoms with E-state index in [0.29, 0.717) is 22.9 Å². The summed E-state index contributed by atoms with van der Waals surface area (Å²) in [6, 6.07) is 13.8. The predicted octanol–water partition coefficient (Wildman–Crippen LogP) is 2.80. The molecule has 0 aliphatic heterocycles. The summed E-state index contributed by atoms with van der Waals surface area (Å²) in [7, 11) is -0.424. The number of anilines is 2. The van der Waals surface area contributed by atoms with Gasteiger partial charge in [0.05, 0.1) is 31.9 Å². The Hall–Kier alpha value is -2.21. The lowest BCUT2D eigenvalue weighted by Crippen LogP contribution is -2.24. The largest absolute Gasteiger partial charge is 0.497 e. The standard InChI is InChI=1S/C15H17NO4S/c1-19-14-8-4-6-12(10-14)16(21(3,17)18)13-7-5-9-15(11-13)20-2/h4-11H,1-3H3. The normalized spacial score (nSPS) is 11.0. The molecule has 21 heavy (non-hydrogen) atoms. The molecule has 0 aliphatic carbocycles. The molecule has 0 aliphatic rings. The van der Waals surface area contributed by atoms with E-state index < -0.39 is 10.0 Å². The number of nitrogens with zero attached hydrogens (tertiary/aromatic N) is 1. The molecule has 0 aromatic heterocycles. The molecule has 2 rings (SSSR count). The minimum atomic E-state index is -3.50. The average molecular weight is 307 g/mol. The van der Waals surface area contributed by atoms with E-state index in [-0.39, 0.29) is 0 Å².